The van der Waals surface area contributed by atoms with Gasteiger partial charge in [-0.25, -0.2) is 4.68 Å². The summed E-state index contributed by atoms with van der Waals surface area (Å²) < 4.78 is 46.7. The molecule has 4 atom stereocenters. The number of likely N-dealkylation sites (tertiary alicyclic amines) is 1. The van der Waals surface area contributed by atoms with Gasteiger partial charge in [0.2, 0.25) is 5.95 Å². The van der Waals surface area contributed by atoms with E-state index in [0.29, 0.717) is 19.7 Å². The lowest BCUT2D eigenvalue weighted by atomic mass is 9.85. The SMILES string of the molecule is O=C([C@@H]1CCCO1)N1CCC[C@@H]([C@@H]2C[C@H](C(F)(F)F)n3ncnc3N2)C1. The number of nitrogens with zero attached hydrogens (tertiary/aromatic N) is 4. The Labute approximate surface area is 148 Å². The van der Waals surface area contributed by atoms with E-state index in [1.165, 1.54) is 0 Å². The average molecular weight is 373 g/mol. The summed E-state index contributed by atoms with van der Waals surface area (Å²) >= 11 is 0. The Morgan fingerprint density at radius 3 is 2.88 bits per heavy atom. The number of ether oxygens (including phenoxy) is 1. The number of nitrogens with one attached hydrogen (secondary N) is 1. The van der Waals surface area contributed by atoms with Crippen LogP contribution >= 0.6 is 0 Å². The minimum Gasteiger partial charge on any atom is -0.368 e. The highest BCUT2D eigenvalue weighted by molar-refractivity contribution is 5.81. The number of hydrogen-bond acceptors (Lipinski definition) is 5. The molecular weight excluding hydrogens is 351 g/mol. The van der Waals surface area contributed by atoms with Gasteiger partial charge in [-0.15, -0.1) is 0 Å². The van der Waals surface area contributed by atoms with E-state index < -0.39 is 18.3 Å². The molecule has 0 bridgehead atoms. The van der Waals surface area contributed by atoms with E-state index in [4.69, 9.17) is 4.74 Å². The molecule has 0 aliphatic carbocycles. The van der Waals surface area contributed by atoms with Crippen LogP contribution in [-0.4, -0.2) is 63.6 Å². The third-order valence-electron chi connectivity index (χ3n) is 5.58. The zero-order chi connectivity index (χ0) is 18.3. The second-order valence-corrected chi connectivity index (χ2v) is 7.26. The molecule has 144 valence electrons. The number of anilines is 1. The lowest BCUT2D eigenvalue weighted by Crippen LogP contribution is -2.51. The van der Waals surface area contributed by atoms with Gasteiger partial charge in [0.1, 0.15) is 12.4 Å². The summed E-state index contributed by atoms with van der Waals surface area (Å²) in [5.41, 5.74) is 0. The summed E-state index contributed by atoms with van der Waals surface area (Å²) in [5, 5.41) is 6.82. The Morgan fingerprint density at radius 1 is 1.31 bits per heavy atom. The second kappa shape index (κ2) is 6.71. The van der Waals surface area contributed by atoms with Crippen molar-refractivity contribution in [3.63, 3.8) is 0 Å². The van der Waals surface area contributed by atoms with Crippen LogP contribution < -0.4 is 5.32 Å². The van der Waals surface area contributed by atoms with E-state index in [9.17, 15) is 18.0 Å². The smallest absolute Gasteiger partial charge is 0.368 e. The molecule has 10 heteroatoms. The van der Waals surface area contributed by atoms with Crippen LogP contribution in [0, 0.1) is 5.92 Å². The van der Waals surface area contributed by atoms with Crippen LogP contribution in [-0.2, 0) is 9.53 Å². The highest BCUT2D eigenvalue weighted by Crippen LogP contribution is 2.40. The molecule has 1 aromatic heterocycles. The standard InChI is InChI=1S/C16H22F3N5O2/c17-16(18,19)13-7-11(22-15-20-9-21-24(13)15)10-3-1-5-23(8-10)14(25)12-4-2-6-26-12/h9-13H,1-8H2,(H,20,21,22)/t10-,11+,12+,13-/m1/s1. The fourth-order valence-electron chi connectivity index (χ4n) is 4.24. The maximum absolute atomic E-state index is 13.4. The maximum atomic E-state index is 13.4. The summed E-state index contributed by atoms with van der Waals surface area (Å²) in [6, 6.07) is -2.08. The molecule has 0 radical (unpaired) electrons. The van der Waals surface area contributed by atoms with Crippen molar-refractivity contribution in [1.29, 1.82) is 0 Å². The van der Waals surface area contributed by atoms with E-state index in [1.54, 1.807) is 4.90 Å². The van der Waals surface area contributed by atoms with Crippen molar-refractivity contribution in [2.75, 3.05) is 25.0 Å². The lowest BCUT2D eigenvalue weighted by molar-refractivity contribution is -0.175. The van der Waals surface area contributed by atoms with Crippen molar-refractivity contribution in [2.24, 2.45) is 5.92 Å². The maximum Gasteiger partial charge on any atom is 0.411 e. The van der Waals surface area contributed by atoms with Gasteiger partial charge in [0.15, 0.2) is 6.04 Å². The largest absolute Gasteiger partial charge is 0.411 e. The number of carbonyl (C=O) groups excluding carboxylic acids is 1. The molecular formula is C16H22F3N5O2. The Bertz CT molecular complexity index is 659. The van der Waals surface area contributed by atoms with Crippen LogP contribution in [0.15, 0.2) is 6.33 Å². The van der Waals surface area contributed by atoms with Gasteiger partial charge < -0.3 is 15.0 Å². The Hall–Kier alpha value is -1.84. The van der Waals surface area contributed by atoms with E-state index in [2.05, 4.69) is 15.4 Å². The minimum atomic E-state index is -4.38. The van der Waals surface area contributed by atoms with Gasteiger partial charge in [-0.1, -0.05) is 0 Å². The van der Waals surface area contributed by atoms with Crippen LogP contribution in [0.2, 0.25) is 0 Å². The normalized spacial score (nSPS) is 32.2. The fourth-order valence-corrected chi connectivity index (χ4v) is 4.24. The van der Waals surface area contributed by atoms with E-state index in [1.807, 2.05) is 0 Å². The highest BCUT2D eigenvalue weighted by atomic mass is 19.4. The first kappa shape index (κ1) is 17.6. The Balaban J connectivity index is 1.48. The zero-order valence-electron chi connectivity index (χ0n) is 14.3. The van der Waals surface area contributed by atoms with Crippen LogP contribution in [0.5, 0.6) is 0 Å². The third kappa shape index (κ3) is 3.26. The van der Waals surface area contributed by atoms with Crippen molar-refractivity contribution >= 4 is 11.9 Å². The molecule has 2 fully saturated rings. The highest BCUT2D eigenvalue weighted by Gasteiger charge is 2.48. The number of carbonyl (C=O) groups is 1. The number of amides is 1. The molecule has 0 unspecified atom stereocenters. The van der Waals surface area contributed by atoms with Gasteiger partial charge in [0.25, 0.3) is 5.91 Å². The molecule has 4 rings (SSSR count). The van der Waals surface area contributed by atoms with Crippen LogP contribution in [0.1, 0.15) is 38.1 Å². The quantitative estimate of drug-likeness (QED) is 0.858. The molecule has 7 nitrogen and oxygen atoms in total. The van der Waals surface area contributed by atoms with Gasteiger partial charge in [-0.2, -0.15) is 23.3 Å². The predicted octanol–water partition coefficient (Wildman–Crippen LogP) is 1.98. The van der Waals surface area contributed by atoms with E-state index in [0.717, 1.165) is 36.7 Å². The van der Waals surface area contributed by atoms with Crippen molar-refractivity contribution in [2.45, 2.75) is 56.5 Å². The fraction of sp³-hybridized carbons (Fsp3) is 0.812. The summed E-state index contributed by atoms with van der Waals surface area (Å²) in [6.07, 6.45) is -0.577. The van der Waals surface area contributed by atoms with Crippen molar-refractivity contribution in [3.8, 4) is 0 Å². The minimum absolute atomic E-state index is 0.0291. The molecule has 1 amide bonds. The van der Waals surface area contributed by atoms with Gasteiger partial charge in [0, 0.05) is 25.7 Å². The third-order valence-corrected chi connectivity index (χ3v) is 5.58. The summed E-state index contributed by atoms with van der Waals surface area (Å²) in [6.45, 7) is 1.69. The van der Waals surface area contributed by atoms with Crippen molar-refractivity contribution < 1.29 is 22.7 Å². The molecule has 0 spiro atoms. The summed E-state index contributed by atoms with van der Waals surface area (Å²) in [4.78, 5) is 18.3. The first-order valence-corrected chi connectivity index (χ1v) is 9.06. The molecule has 2 saturated heterocycles. The zero-order valence-corrected chi connectivity index (χ0v) is 14.3. The van der Waals surface area contributed by atoms with Crippen molar-refractivity contribution in [1.82, 2.24) is 19.7 Å². The first-order valence-electron chi connectivity index (χ1n) is 9.06. The summed E-state index contributed by atoms with van der Waals surface area (Å²) in [7, 11) is 0. The van der Waals surface area contributed by atoms with Gasteiger partial charge in [-0.05, 0) is 38.0 Å². The topological polar surface area (TPSA) is 72.3 Å². The number of hydrogen-bond donors (Lipinski definition) is 1. The Kier molecular flexibility index (Phi) is 4.54. The number of fused-ring (bicyclic) bond motifs is 1. The lowest BCUT2D eigenvalue weighted by Gasteiger charge is -2.41. The number of alkyl halides is 3. The van der Waals surface area contributed by atoms with Crippen molar-refractivity contribution in [3.05, 3.63) is 6.33 Å². The van der Waals surface area contributed by atoms with Crippen LogP contribution in [0.3, 0.4) is 0 Å². The van der Waals surface area contributed by atoms with Gasteiger partial charge in [-0.3, -0.25) is 4.79 Å². The number of piperidine rings is 1. The summed E-state index contributed by atoms with van der Waals surface area (Å²) in [5.74, 6) is 0.0640. The molecule has 3 aliphatic rings. The van der Waals surface area contributed by atoms with Crippen LogP contribution in [0.4, 0.5) is 19.1 Å². The first-order chi connectivity index (χ1) is 12.4. The number of aromatic nitrogens is 3. The van der Waals surface area contributed by atoms with Gasteiger partial charge in [0.05, 0.1) is 0 Å². The molecule has 3 aliphatic heterocycles. The van der Waals surface area contributed by atoms with E-state index >= 15 is 0 Å². The molecule has 0 saturated carbocycles. The molecule has 26 heavy (non-hydrogen) atoms. The predicted molar refractivity (Wildman–Crippen MR) is 85.4 cm³/mol. The number of halogens is 3. The Morgan fingerprint density at radius 2 is 2.15 bits per heavy atom. The molecule has 1 N–H and O–H groups in total. The monoisotopic (exact) mass is 373 g/mol. The second-order valence-electron chi connectivity index (χ2n) is 7.26. The van der Waals surface area contributed by atoms with Crippen LogP contribution in [0.25, 0.3) is 0 Å². The number of rotatable bonds is 2. The van der Waals surface area contributed by atoms with Gasteiger partial charge >= 0.3 is 6.18 Å². The van der Waals surface area contributed by atoms with E-state index in [-0.39, 0.29) is 30.3 Å². The molecule has 0 aromatic carbocycles. The molecule has 1 aromatic rings. The molecule has 4 heterocycles. The average Bonchev–Trinajstić information content (AvgIpc) is 3.31.